The summed E-state index contributed by atoms with van der Waals surface area (Å²) in [6.07, 6.45) is 2.48. The van der Waals surface area contributed by atoms with Gasteiger partial charge in [-0.2, -0.15) is 17.4 Å². The molecule has 1 saturated heterocycles. The van der Waals surface area contributed by atoms with Gasteiger partial charge < -0.3 is 19.2 Å². The van der Waals surface area contributed by atoms with Gasteiger partial charge in [0.25, 0.3) is 10.2 Å². The number of hydrogen-bond acceptors (Lipinski definition) is 7. The van der Waals surface area contributed by atoms with E-state index >= 15 is 0 Å². The Balaban J connectivity index is 1.41. The third kappa shape index (κ3) is 7.47. The molecule has 41 heavy (non-hydrogen) atoms. The van der Waals surface area contributed by atoms with E-state index in [2.05, 4.69) is 26.4 Å². The highest BCUT2D eigenvalue weighted by Crippen LogP contribution is 2.31. The highest BCUT2D eigenvalue weighted by Gasteiger charge is 2.33. The van der Waals surface area contributed by atoms with E-state index < -0.39 is 22.2 Å². The zero-order valence-corrected chi connectivity index (χ0v) is 24.6. The Kier molecular flexibility index (Phi) is 9.70. The number of carboxylic acid groups (broad SMARTS) is 1. The molecule has 2 aromatic carbocycles. The van der Waals surface area contributed by atoms with E-state index in [1.165, 1.54) is 4.31 Å². The molecule has 0 unspecified atom stereocenters. The van der Waals surface area contributed by atoms with Gasteiger partial charge in [0.2, 0.25) is 5.89 Å². The summed E-state index contributed by atoms with van der Waals surface area (Å²) in [5.41, 5.74) is 3.36. The van der Waals surface area contributed by atoms with Gasteiger partial charge >= 0.3 is 5.97 Å². The van der Waals surface area contributed by atoms with Gasteiger partial charge in [0.1, 0.15) is 17.6 Å². The Morgan fingerprint density at radius 2 is 1.73 bits per heavy atom. The normalized spacial score (nSPS) is 14.9. The summed E-state index contributed by atoms with van der Waals surface area (Å²) in [5.74, 6) is 6.84. The number of carbonyl (C=O) groups is 1. The Labute approximate surface area is 241 Å². The standard InChI is InChI=1S/C30H36N4O6S/c1-5-25-20-31-29(40-25)26-19-23(11-14-27(26)39-6-2)8-7-22-9-12-24(13-10-22)33-15-17-34(18-16-33)41(37,38)32-28(21(3)4)30(35)36/h9-14,19-21,28,32H,5-6,15-18H2,1-4H3,(H,35,36)/t28-/m1/s1. The lowest BCUT2D eigenvalue weighted by atomic mass is 10.1. The van der Waals surface area contributed by atoms with Crippen LogP contribution in [0.25, 0.3) is 11.5 Å². The zero-order valence-electron chi connectivity index (χ0n) is 23.8. The summed E-state index contributed by atoms with van der Waals surface area (Å²) in [6.45, 7) is 9.29. The zero-order chi connectivity index (χ0) is 29.6. The van der Waals surface area contributed by atoms with Crippen LogP contribution in [0, 0.1) is 17.8 Å². The topological polar surface area (TPSA) is 125 Å². The predicted molar refractivity (Wildman–Crippen MR) is 157 cm³/mol. The van der Waals surface area contributed by atoms with Crippen LogP contribution < -0.4 is 14.4 Å². The van der Waals surface area contributed by atoms with Crippen molar-refractivity contribution in [1.29, 1.82) is 0 Å². The first-order valence-corrected chi connectivity index (χ1v) is 15.1. The van der Waals surface area contributed by atoms with Crippen LogP contribution in [0.15, 0.2) is 53.1 Å². The lowest BCUT2D eigenvalue weighted by molar-refractivity contribution is -0.140. The van der Waals surface area contributed by atoms with Crippen molar-refractivity contribution in [3.8, 4) is 29.0 Å². The SMILES string of the molecule is CCOc1ccc(C#Cc2ccc(N3CCN(S(=O)(=O)N[C@@H](C(=O)O)C(C)C)CC3)cc2)cc1-c1ncc(CC)o1. The molecule has 1 aliphatic rings. The summed E-state index contributed by atoms with van der Waals surface area (Å²) in [5, 5.41) is 9.35. The van der Waals surface area contributed by atoms with Crippen LogP contribution in [-0.2, 0) is 21.4 Å². The van der Waals surface area contributed by atoms with Gasteiger partial charge in [-0.3, -0.25) is 4.79 Å². The lowest BCUT2D eigenvalue weighted by Crippen LogP contribution is -2.55. The first-order valence-electron chi connectivity index (χ1n) is 13.7. The fourth-order valence-corrected chi connectivity index (χ4v) is 5.93. The number of nitrogens with one attached hydrogen (secondary N) is 1. The van der Waals surface area contributed by atoms with Crippen molar-refractivity contribution in [2.24, 2.45) is 5.92 Å². The van der Waals surface area contributed by atoms with E-state index in [0.717, 1.165) is 34.6 Å². The van der Waals surface area contributed by atoms with Crippen molar-refractivity contribution in [1.82, 2.24) is 14.0 Å². The summed E-state index contributed by atoms with van der Waals surface area (Å²) >= 11 is 0. The number of oxazole rings is 1. The molecule has 11 heteroatoms. The third-order valence-corrected chi connectivity index (χ3v) is 8.38. The molecule has 0 aliphatic carbocycles. The smallest absolute Gasteiger partial charge is 0.322 e. The van der Waals surface area contributed by atoms with Gasteiger partial charge in [-0.25, -0.2) is 4.98 Å². The van der Waals surface area contributed by atoms with Crippen LogP contribution in [0.3, 0.4) is 0 Å². The van der Waals surface area contributed by atoms with Crippen molar-refractivity contribution >= 4 is 21.9 Å². The van der Waals surface area contributed by atoms with E-state index in [9.17, 15) is 18.3 Å². The van der Waals surface area contributed by atoms with Crippen molar-refractivity contribution in [2.45, 2.75) is 40.2 Å². The molecule has 3 aromatic rings. The average Bonchev–Trinajstić information content (AvgIpc) is 3.45. The second-order valence-corrected chi connectivity index (χ2v) is 11.7. The van der Waals surface area contributed by atoms with Gasteiger partial charge in [0.15, 0.2) is 0 Å². The third-order valence-electron chi connectivity index (χ3n) is 6.78. The molecule has 2 heterocycles. The van der Waals surface area contributed by atoms with Gasteiger partial charge in [0.05, 0.1) is 18.4 Å². The van der Waals surface area contributed by atoms with Gasteiger partial charge in [-0.1, -0.05) is 32.6 Å². The molecule has 0 bridgehead atoms. The minimum atomic E-state index is -3.91. The van der Waals surface area contributed by atoms with Gasteiger partial charge in [0, 0.05) is 49.4 Å². The minimum absolute atomic E-state index is 0.256. The fraction of sp³-hybridized carbons (Fsp3) is 0.400. The Bertz CT molecular complexity index is 1510. The first kappa shape index (κ1) is 30.1. The number of carboxylic acids is 1. The molecule has 218 valence electrons. The predicted octanol–water partition coefficient (Wildman–Crippen LogP) is 3.77. The second kappa shape index (κ2) is 13.2. The maximum Gasteiger partial charge on any atom is 0.322 e. The molecule has 1 atom stereocenters. The molecule has 0 spiro atoms. The molecule has 0 saturated carbocycles. The number of ether oxygens (including phenoxy) is 1. The lowest BCUT2D eigenvalue weighted by Gasteiger charge is -2.36. The van der Waals surface area contributed by atoms with Crippen LogP contribution >= 0.6 is 0 Å². The average molecular weight is 581 g/mol. The van der Waals surface area contributed by atoms with Crippen molar-refractivity contribution in [3.05, 3.63) is 65.5 Å². The van der Waals surface area contributed by atoms with Crippen LogP contribution in [0.5, 0.6) is 5.75 Å². The van der Waals surface area contributed by atoms with Crippen molar-refractivity contribution in [2.75, 3.05) is 37.7 Å². The van der Waals surface area contributed by atoms with Crippen LogP contribution in [0.1, 0.15) is 44.6 Å². The van der Waals surface area contributed by atoms with E-state index in [1.807, 2.05) is 56.3 Å². The highest BCUT2D eigenvalue weighted by molar-refractivity contribution is 7.87. The molecule has 1 aliphatic heterocycles. The molecule has 0 amide bonds. The van der Waals surface area contributed by atoms with Crippen LogP contribution in [0.4, 0.5) is 5.69 Å². The highest BCUT2D eigenvalue weighted by atomic mass is 32.2. The largest absolute Gasteiger partial charge is 0.493 e. The number of aryl methyl sites for hydroxylation is 1. The molecular formula is C30H36N4O6S. The second-order valence-electron chi connectivity index (χ2n) is 10.00. The number of piperazine rings is 1. The Hall–Kier alpha value is -3.85. The molecule has 2 N–H and O–H groups in total. The number of hydrogen-bond donors (Lipinski definition) is 2. The number of rotatable bonds is 10. The number of nitrogens with zero attached hydrogens (tertiary/aromatic N) is 3. The molecule has 1 fully saturated rings. The van der Waals surface area contributed by atoms with E-state index in [-0.39, 0.29) is 19.0 Å². The van der Waals surface area contributed by atoms with E-state index in [1.54, 1.807) is 20.0 Å². The maximum absolute atomic E-state index is 12.8. The minimum Gasteiger partial charge on any atom is -0.493 e. The first-order chi connectivity index (χ1) is 19.6. The molecular weight excluding hydrogens is 544 g/mol. The molecule has 1 aromatic heterocycles. The molecule has 0 radical (unpaired) electrons. The van der Waals surface area contributed by atoms with E-state index in [4.69, 9.17) is 9.15 Å². The maximum atomic E-state index is 12.8. The van der Waals surface area contributed by atoms with Crippen LogP contribution in [0.2, 0.25) is 0 Å². The Morgan fingerprint density at radius 3 is 2.32 bits per heavy atom. The number of benzene rings is 2. The van der Waals surface area contributed by atoms with Crippen molar-refractivity contribution in [3.63, 3.8) is 0 Å². The molecule has 4 rings (SSSR count). The summed E-state index contributed by atoms with van der Waals surface area (Å²) in [7, 11) is -3.91. The Morgan fingerprint density at radius 1 is 1.07 bits per heavy atom. The van der Waals surface area contributed by atoms with Gasteiger partial charge in [-0.15, -0.1) is 0 Å². The van der Waals surface area contributed by atoms with Crippen molar-refractivity contribution < 1.29 is 27.5 Å². The number of aliphatic carboxylic acids is 1. The van der Waals surface area contributed by atoms with E-state index in [0.29, 0.717) is 31.3 Å². The summed E-state index contributed by atoms with van der Waals surface area (Å²) in [4.78, 5) is 17.9. The number of aromatic nitrogens is 1. The molecule has 10 nitrogen and oxygen atoms in total. The quantitative estimate of drug-likeness (QED) is 0.347. The fourth-order valence-electron chi connectivity index (χ4n) is 4.44. The van der Waals surface area contributed by atoms with Crippen LogP contribution in [-0.4, -0.2) is 67.6 Å². The van der Waals surface area contributed by atoms with Gasteiger partial charge in [-0.05, 0) is 55.3 Å². The monoisotopic (exact) mass is 580 g/mol. The number of anilines is 1. The summed E-state index contributed by atoms with van der Waals surface area (Å²) < 4.78 is 40.7. The summed E-state index contributed by atoms with van der Waals surface area (Å²) in [6, 6.07) is 12.3.